The highest BCUT2D eigenvalue weighted by molar-refractivity contribution is 5.59. The maximum Gasteiger partial charge on any atom is 0.227 e. The topological polar surface area (TPSA) is 111 Å². The molecular weight excluding hydrogens is 358 g/mol. The Morgan fingerprint density at radius 1 is 1.07 bits per heavy atom. The van der Waals surface area contributed by atoms with E-state index in [1.807, 2.05) is 32.0 Å². The molecule has 1 saturated heterocycles. The highest BCUT2D eigenvalue weighted by atomic mass is 16.5. The Balaban J connectivity index is 1.56. The average molecular weight is 383 g/mol. The summed E-state index contributed by atoms with van der Waals surface area (Å²) in [5, 5.41) is 17.5. The maximum atomic E-state index is 5.26. The third kappa shape index (κ3) is 4.39. The first-order valence-corrected chi connectivity index (χ1v) is 9.33. The molecule has 0 aliphatic carbocycles. The molecule has 0 spiro atoms. The summed E-state index contributed by atoms with van der Waals surface area (Å²) in [6.45, 7) is 8.16. The zero-order valence-electron chi connectivity index (χ0n) is 16.4. The van der Waals surface area contributed by atoms with E-state index < -0.39 is 0 Å². The Labute approximate surface area is 163 Å². The fourth-order valence-corrected chi connectivity index (χ4v) is 3.06. The van der Waals surface area contributed by atoms with Gasteiger partial charge in [-0.1, -0.05) is 5.16 Å². The highest BCUT2D eigenvalue weighted by Crippen LogP contribution is 2.22. The van der Waals surface area contributed by atoms with Crippen LogP contribution in [0, 0.1) is 13.8 Å². The molecule has 0 radical (unpaired) electrons. The van der Waals surface area contributed by atoms with Crippen LogP contribution in [0.4, 0.5) is 23.4 Å². The molecule has 0 aromatic carbocycles. The van der Waals surface area contributed by atoms with Crippen LogP contribution >= 0.6 is 0 Å². The van der Waals surface area contributed by atoms with Crippen LogP contribution in [-0.2, 0) is 6.54 Å². The molecule has 3 aromatic heterocycles. The van der Waals surface area contributed by atoms with Crippen molar-refractivity contribution in [3.05, 3.63) is 35.3 Å². The van der Waals surface area contributed by atoms with Gasteiger partial charge in [0.2, 0.25) is 5.95 Å². The van der Waals surface area contributed by atoms with E-state index in [-0.39, 0.29) is 0 Å². The van der Waals surface area contributed by atoms with Crippen LogP contribution in [0.25, 0.3) is 0 Å². The van der Waals surface area contributed by atoms with Gasteiger partial charge >= 0.3 is 0 Å². The summed E-state index contributed by atoms with van der Waals surface area (Å²) in [6.07, 6.45) is 0. The number of likely N-dealkylation sites (N-methyl/N-ethyl adjacent to an activating group) is 1. The van der Waals surface area contributed by atoms with Crippen LogP contribution in [0.1, 0.15) is 17.1 Å². The standard InChI is InChI=1S/C18H25N9O/c1-12-9-16(24-23-12)20-15-10-17(27-6-4-26(3)5-7-27)22-18(21-15)19-11-14-8-13(2)25-28-14/h8-10H,4-7,11H2,1-3H3,(H3,19,20,21,22,23,24). The minimum absolute atomic E-state index is 0.468. The summed E-state index contributed by atoms with van der Waals surface area (Å²) in [7, 11) is 2.14. The summed E-state index contributed by atoms with van der Waals surface area (Å²) >= 11 is 0. The van der Waals surface area contributed by atoms with Gasteiger partial charge in [0.25, 0.3) is 0 Å². The first-order valence-electron chi connectivity index (χ1n) is 9.33. The number of anilines is 4. The molecule has 0 bridgehead atoms. The maximum absolute atomic E-state index is 5.26. The number of aromatic nitrogens is 5. The lowest BCUT2D eigenvalue weighted by atomic mass is 10.3. The van der Waals surface area contributed by atoms with E-state index in [2.05, 4.69) is 47.8 Å². The molecule has 3 aromatic rings. The van der Waals surface area contributed by atoms with Crippen molar-refractivity contribution < 1.29 is 4.52 Å². The van der Waals surface area contributed by atoms with E-state index in [1.165, 1.54) is 0 Å². The highest BCUT2D eigenvalue weighted by Gasteiger charge is 2.17. The molecule has 1 fully saturated rings. The Morgan fingerprint density at radius 3 is 2.57 bits per heavy atom. The number of aryl methyl sites for hydroxylation is 2. The molecule has 1 aliphatic rings. The Morgan fingerprint density at radius 2 is 1.89 bits per heavy atom. The molecule has 4 heterocycles. The van der Waals surface area contributed by atoms with Crippen LogP contribution in [0.15, 0.2) is 22.7 Å². The Bertz CT molecular complexity index is 927. The fraction of sp³-hybridized carbons (Fsp3) is 0.444. The summed E-state index contributed by atoms with van der Waals surface area (Å²) in [6, 6.07) is 5.79. The van der Waals surface area contributed by atoms with Gasteiger partial charge in [-0.05, 0) is 20.9 Å². The third-order valence-corrected chi connectivity index (χ3v) is 4.61. The molecule has 28 heavy (non-hydrogen) atoms. The third-order valence-electron chi connectivity index (χ3n) is 4.61. The Kier molecular flexibility index (Phi) is 5.11. The quantitative estimate of drug-likeness (QED) is 0.588. The predicted molar refractivity (Wildman–Crippen MR) is 107 cm³/mol. The molecule has 0 unspecified atom stereocenters. The van der Waals surface area contributed by atoms with Crippen LogP contribution < -0.4 is 15.5 Å². The van der Waals surface area contributed by atoms with Crippen molar-refractivity contribution in [2.24, 2.45) is 0 Å². The van der Waals surface area contributed by atoms with E-state index >= 15 is 0 Å². The van der Waals surface area contributed by atoms with Gasteiger partial charge in [0, 0.05) is 44.4 Å². The number of aromatic amines is 1. The van der Waals surface area contributed by atoms with Crippen LogP contribution in [-0.4, -0.2) is 63.4 Å². The van der Waals surface area contributed by atoms with Crippen molar-refractivity contribution >= 4 is 23.4 Å². The predicted octanol–water partition coefficient (Wildman–Crippen LogP) is 1.91. The number of nitrogens with one attached hydrogen (secondary N) is 3. The van der Waals surface area contributed by atoms with Gasteiger partial charge in [0.15, 0.2) is 5.76 Å². The second-order valence-electron chi connectivity index (χ2n) is 7.06. The van der Waals surface area contributed by atoms with Crippen LogP contribution in [0.5, 0.6) is 0 Å². The molecule has 1 aliphatic heterocycles. The number of hydrogen-bond donors (Lipinski definition) is 3. The zero-order chi connectivity index (χ0) is 19.5. The first kappa shape index (κ1) is 18.2. The van der Waals surface area contributed by atoms with Gasteiger partial charge in [0.05, 0.1) is 17.9 Å². The van der Waals surface area contributed by atoms with Gasteiger partial charge in [-0.25, -0.2) is 0 Å². The van der Waals surface area contributed by atoms with Crippen LogP contribution in [0.3, 0.4) is 0 Å². The number of nitrogens with zero attached hydrogens (tertiary/aromatic N) is 6. The normalized spacial score (nSPS) is 15.0. The molecular formula is C18H25N9O. The number of H-pyrrole nitrogens is 1. The van der Waals surface area contributed by atoms with Crippen molar-refractivity contribution in [3.8, 4) is 0 Å². The van der Waals surface area contributed by atoms with Crippen molar-refractivity contribution in [2.45, 2.75) is 20.4 Å². The second-order valence-corrected chi connectivity index (χ2v) is 7.06. The molecule has 4 rings (SSSR count). The molecule has 148 valence electrons. The van der Waals surface area contributed by atoms with E-state index in [4.69, 9.17) is 9.51 Å². The minimum atomic E-state index is 0.468. The van der Waals surface area contributed by atoms with E-state index in [1.54, 1.807) is 0 Å². The van der Waals surface area contributed by atoms with Gasteiger partial charge in [-0.15, -0.1) is 0 Å². The van der Waals surface area contributed by atoms with Crippen LogP contribution in [0.2, 0.25) is 0 Å². The lowest BCUT2D eigenvalue weighted by Gasteiger charge is -2.33. The summed E-state index contributed by atoms with van der Waals surface area (Å²) in [4.78, 5) is 13.9. The largest absolute Gasteiger partial charge is 0.359 e. The zero-order valence-corrected chi connectivity index (χ0v) is 16.4. The van der Waals surface area contributed by atoms with Crippen molar-refractivity contribution in [1.29, 1.82) is 0 Å². The van der Waals surface area contributed by atoms with Gasteiger partial charge in [-0.2, -0.15) is 15.1 Å². The fourth-order valence-electron chi connectivity index (χ4n) is 3.06. The van der Waals surface area contributed by atoms with Crippen molar-refractivity contribution in [2.75, 3.05) is 48.8 Å². The lowest BCUT2D eigenvalue weighted by molar-refractivity contribution is 0.312. The first-order chi connectivity index (χ1) is 13.5. The summed E-state index contributed by atoms with van der Waals surface area (Å²) in [5.41, 5.74) is 1.76. The minimum Gasteiger partial charge on any atom is -0.359 e. The smallest absolute Gasteiger partial charge is 0.227 e. The number of rotatable bonds is 6. The lowest BCUT2D eigenvalue weighted by Crippen LogP contribution is -2.44. The molecule has 0 atom stereocenters. The van der Waals surface area contributed by atoms with Gasteiger partial charge in [0.1, 0.15) is 17.5 Å². The monoisotopic (exact) mass is 383 g/mol. The average Bonchev–Trinajstić information content (AvgIpc) is 3.28. The summed E-state index contributed by atoms with van der Waals surface area (Å²) in [5.74, 6) is 3.65. The van der Waals surface area contributed by atoms with Gasteiger partial charge < -0.3 is 25.0 Å². The molecule has 10 nitrogen and oxygen atoms in total. The molecule has 3 N–H and O–H groups in total. The molecule has 0 saturated carbocycles. The van der Waals surface area contributed by atoms with Crippen molar-refractivity contribution in [3.63, 3.8) is 0 Å². The molecule has 10 heteroatoms. The SMILES string of the molecule is Cc1cc(Nc2cc(N3CCN(C)CC3)nc(NCc3cc(C)no3)n2)[nH]n1. The van der Waals surface area contributed by atoms with E-state index in [0.29, 0.717) is 18.3 Å². The number of piperazine rings is 1. The van der Waals surface area contributed by atoms with Gasteiger partial charge in [-0.3, -0.25) is 5.10 Å². The second kappa shape index (κ2) is 7.85. The van der Waals surface area contributed by atoms with Crippen molar-refractivity contribution in [1.82, 2.24) is 30.2 Å². The number of hydrogen-bond acceptors (Lipinski definition) is 9. The summed E-state index contributed by atoms with van der Waals surface area (Å²) < 4.78 is 5.26. The van der Waals surface area contributed by atoms with E-state index in [9.17, 15) is 0 Å². The Hall–Kier alpha value is -3.14. The molecule has 0 amide bonds. The van der Waals surface area contributed by atoms with E-state index in [0.717, 1.165) is 55.0 Å².